The molecule has 6 nitrogen and oxygen atoms in total. The van der Waals surface area contributed by atoms with Crippen LogP contribution in [0.2, 0.25) is 0 Å². The predicted molar refractivity (Wildman–Crippen MR) is 73.4 cm³/mol. The molecule has 0 amide bonds. The van der Waals surface area contributed by atoms with Gasteiger partial charge in [-0.25, -0.2) is 0 Å². The van der Waals surface area contributed by atoms with Crippen molar-refractivity contribution in [1.82, 2.24) is 0 Å². The van der Waals surface area contributed by atoms with Crippen molar-refractivity contribution in [3.63, 3.8) is 0 Å². The van der Waals surface area contributed by atoms with E-state index >= 15 is 0 Å². The molecule has 0 saturated carbocycles. The van der Waals surface area contributed by atoms with Crippen molar-refractivity contribution < 1.29 is 20.2 Å². The molecule has 0 heterocycles. The molecule has 0 fully saturated rings. The minimum atomic E-state index is -0.589. The van der Waals surface area contributed by atoms with Crippen LogP contribution in [0.4, 0.5) is 5.69 Å². The maximum Gasteiger partial charge on any atom is 0.270 e. The second kappa shape index (κ2) is 5.31. The van der Waals surface area contributed by atoms with Crippen LogP contribution in [0.1, 0.15) is 11.1 Å². The molecular formula is C14H11NO5. The molecular weight excluding hydrogens is 262 g/mol. The van der Waals surface area contributed by atoms with Gasteiger partial charge in [0.15, 0.2) is 0 Å². The summed E-state index contributed by atoms with van der Waals surface area (Å²) in [6.07, 6.45) is 1.22. The van der Waals surface area contributed by atoms with Crippen LogP contribution in [0.5, 0.6) is 11.5 Å². The molecule has 0 aliphatic rings. The smallest absolute Gasteiger partial charge is 0.270 e. The minimum Gasteiger partial charge on any atom is -0.508 e. The largest absolute Gasteiger partial charge is 0.508 e. The lowest BCUT2D eigenvalue weighted by atomic mass is 10.1. The molecule has 0 aliphatic heterocycles. The second-order valence-electron chi connectivity index (χ2n) is 4.08. The Balaban J connectivity index is 2.41. The molecule has 0 radical (unpaired) electrons. The predicted octanol–water partition coefficient (Wildman–Crippen LogP) is 3.06. The highest BCUT2D eigenvalue weighted by Crippen LogP contribution is 2.27. The number of rotatable bonds is 3. The molecule has 0 unspecified atom stereocenters. The topological polar surface area (TPSA) is 104 Å². The molecule has 3 N–H and O–H groups in total. The van der Waals surface area contributed by atoms with Gasteiger partial charge in [0.25, 0.3) is 5.69 Å². The maximum absolute atomic E-state index is 10.7. The van der Waals surface area contributed by atoms with E-state index in [1.165, 1.54) is 42.5 Å². The summed E-state index contributed by atoms with van der Waals surface area (Å²) in [4.78, 5) is 10.1. The fourth-order valence-electron chi connectivity index (χ4n) is 1.63. The zero-order chi connectivity index (χ0) is 14.7. The van der Waals surface area contributed by atoms with Crippen molar-refractivity contribution >= 4 is 17.5 Å². The van der Waals surface area contributed by atoms with Crippen LogP contribution in [-0.2, 0) is 0 Å². The van der Waals surface area contributed by atoms with Crippen molar-refractivity contribution in [2.75, 3.05) is 0 Å². The lowest BCUT2D eigenvalue weighted by molar-refractivity contribution is -0.384. The maximum atomic E-state index is 10.7. The summed E-state index contributed by atoms with van der Waals surface area (Å²) in [5.41, 5.74) is 0.353. The van der Waals surface area contributed by atoms with E-state index in [9.17, 15) is 20.3 Å². The molecule has 0 spiro atoms. The van der Waals surface area contributed by atoms with E-state index in [0.29, 0.717) is 5.56 Å². The number of benzene rings is 2. The molecule has 6 heteroatoms. The highest BCUT2D eigenvalue weighted by molar-refractivity contribution is 5.79. The van der Waals surface area contributed by atoms with Gasteiger partial charge in [0.05, 0.1) is 4.92 Å². The lowest BCUT2D eigenvalue weighted by Crippen LogP contribution is -1.89. The summed E-state index contributed by atoms with van der Waals surface area (Å²) < 4.78 is 0. The Bertz CT molecular complexity index is 676. The van der Waals surface area contributed by atoms with Gasteiger partial charge in [-0.3, -0.25) is 10.1 Å². The Kier molecular flexibility index (Phi) is 3.56. The number of aliphatic hydroxyl groups is 1. The first-order valence-corrected chi connectivity index (χ1v) is 5.65. The molecule has 0 aliphatic carbocycles. The van der Waals surface area contributed by atoms with Crippen LogP contribution in [0.25, 0.3) is 11.8 Å². The number of nitrogens with zero attached hydrogens (tertiary/aromatic N) is 1. The number of non-ortho nitro benzene ring substituents is 1. The minimum absolute atomic E-state index is 0.0553. The summed E-state index contributed by atoms with van der Waals surface area (Å²) in [5, 5.41) is 39.4. The standard InChI is InChI=1S/C14H11NO5/c16-12-4-1-9(2-5-12)14(18)8-10-7-11(15(19)20)3-6-13(10)17/h1-8,16-18H/b14-8-. The van der Waals surface area contributed by atoms with Crippen LogP contribution < -0.4 is 0 Å². The first-order chi connectivity index (χ1) is 9.47. The quantitative estimate of drug-likeness (QED) is 0.345. The zero-order valence-corrected chi connectivity index (χ0v) is 10.2. The van der Waals surface area contributed by atoms with Crippen molar-refractivity contribution in [3.8, 4) is 11.5 Å². The summed E-state index contributed by atoms with van der Waals surface area (Å²) in [6, 6.07) is 9.27. The van der Waals surface area contributed by atoms with Crippen LogP contribution in [0.3, 0.4) is 0 Å². The Labute approximate surface area is 114 Å². The molecule has 0 saturated heterocycles. The average Bonchev–Trinajstić information content (AvgIpc) is 2.41. The van der Waals surface area contributed by atoms with Gasteiger partial charge < -0.3 is 15.3 Å². The Morgan fingerprint density at radius 3 is 2.35 bits per heavy atom. The number of aromatic hydroxyl groups is 2. The zero-order valence-electron chi connectivity index (χ0n) is 10.2. The number of phenolic OH excluding ortho intramolecular Hbond substituents is 2. The number of nitro benzene ring substituents is 1. The van der Waals surface area contributed by atoms with Crippen LogP contribution in [0.15, 0.2) is 42.5 Å². The molecule has 2 rings (SSSR count). The van der Waals surface area contributed by atoms with Gasteiger partial charge in [0.1, 0.15) is 17.3 Å². The average molecular weight is 273 g/mol. The third kappa shape index (κ3) is 2.86. The van der Waals surface area contributed by atoms with Gasteiger partial charge in [-0.2, -0.15) is 0 Å². The van der Waals surface area contributed by atoms with Gasteiger partial charge in [-0.05, 0) is 36.4 Å². The summed E-state index contributed by atoms with van der Waals surface area (Å²) in [6.45, 7) is 0. The van der Waals surface area contributed by atoms with Crippen molar-refractivity contribution in [3.05, 3.63) is 63.7 Å². The molecule has 0 bridgehead atoms. The number of hydrogen-bond donors (Lipinski definition) is 3. The third-order valence-electron chi connectivity index (χ3n) is 2.68. The highest BCUT2D eigenvalue weighted by Gasteiger charge is 2.10. The summed E-state index contributed by atoms with van der Waals surface area (Å²) in [5.74, 6) is -0.304. The molecule has 102 valence electrons. The Morgan fingerprint density at radius 2 is 1.75 bits per heavy atom. The molecule has 0 aromatic heterocycles. The van der Waals surface area contributed by atoms with Gasteiger partial charge >= 0.3 is 0 Å². The molecule has 2 aromatic rings. The number of nitro groups is 1. The lowest BCUT2D eigenvalue weighted by Gasteiger charge is -2.03. The molecule has 20 heavy (non-hydrogen) atoms. The number of aliphatic hydroxyl groups excluding tert-OH is 1. The van der Waals surface area contributed by atoms with Crippen LogP contribution in [-0.4, -0.2) is 20.2 Å². The number of phenols is 2. The Hall–Kier alpha value is -3.02. The van der Waals surface area contributed by atoms with Crippen molar-refractivity contribution in [2.24, 2.45) is 0 Å². The first kappa shape index (κ1) is 13.4. The number of hydrogen-bond acceptors (Lipinski definition) is 5. The monoisotopic (exact) mass is 273 g/mol. The second-order valence-corrected chi connectivity index (χ2v) is 4.08. The normalized spacial score (nSPS) is 11.3. The SMILES string of the molecule is O=[N+]([O-])c1ccc(O)c(/C=C(\O)c2ccc(O)cc2)c1. The van der Waals surface area contributed by atoms with E-state index in [1.807, 2.05) is 0 Å². The summed E-state index contributed by atoms with van der Waals surface area (Å²) >= 11 is 0. The van der Waals surface area contributed by atoms with Crippen molar-refractivity contribution in [2.45, 2.75) is 0 Å². The van der Waals surface area contributed by atoms with Crippen LogP contribution >= 0.6 is 0 Å². The van der Waals surface area contributed by atoms with Crippen molar-refractivity contribution in [1.29, 1.82) is 0 Å². The van der Waals surface area contributed by atoms with E-state index in [0.717, 1.165) is 6.07 Å². The first-order valence-electron chi connectivity index (χ1n) is 5.65. The van der Waals surface area contributed by atoms with Gasteiger partial charge in [-0.15, -0.1) is 0 Å². The van der Waals surface area contributed by atoms with E-state index in [1.54, 1.807) is 0 Å². The van der Waals surface area contributed by atoms with E-state index in [2.05, 4.69) is 0 Å². The molecule has 2 aromatic carbocycles. The Morgan fingerprint density at radius 1 is 1.10 bits per heavy atom. The van der Waals surface area contributed by atoms with E-state index in [4.69, 9.17) is 5.11 Å². The molecule has 0 atom stereocenters. The van der Waals surface area contributed by atoms with Crippen LogP contribution in [0, 0.1) is 10.1 Å². The van der Waals surface area contributed by atoms with Gasteiger partial charge in [0.2, 0.25) is 0 Å². The van der Waals surface area contributed by atoms with Gasteiger partial charge in [-0.1, -0.05) is 0 Å². The third-order valence-corrected chi connectivity index (χ3v) is 2.68. The highest BCUT2D eigenvalue weighted by atomic mass is 16.6. The van der Waals surface area contributed by atoms with E-state index < -0.39 is 4.92 Å². The summed E-state index contributed by atoms with van der Waals surface area (Å²) in [7, 11) is 0. The van der Waals surface area contributed by atoms with Gasteiger partial charge in [0, 0.05) is 23.3 Å². The van der Waals surface area contributed by atoms with E-state index in [-0.39, 0.29) is 28.5 Å². The fourth-order valence-corrected chi connectivity index (χ4v) is 1.63. The fraction of sp³-hybridized carbons (Fsp3) is 0.